The second kappa shape index (κ2) is 11.1. The van der Waals surface area contributed by atoms with Crippen molar-refractivity contribution in [1.82, 2.24) is 5.43 Å². The van der Waals surface area contributed by atoms with E-state index in [-0.39, 0.29) is 18.1 Å². The summed E-state index contributed by atoms with van der Waals surface area (Å²) in [5.41, 5.74) is 3.93. The molecule has 0 aliphatic rings. The third-order valence-corrected chi connectivity index (χ3v) is 4.18. The van der Waals surface area contributed by atoms with Gasteiger partial charge in [0.05, 0.1) is 30.8 Å². The van der Waals surface area contributed by atoms with Gasteiger partial charge in [0.25, 0.3) is 0 Å². The number of aliphatic carboxylic acids is 1. The predicted molar refractivity (Wildman–Crippen MR) is 111 cm³/mol. The molecule has 0 spiro atoms. The van der Waals surface area contributed by atoms with Crippen molar-refractivity contribution in [1.29, 1.82) is 0 Å². The fourth-order valence-corrected chi connectivity index (χ4v) is 2.94. The summed E-state index contributed by atoms with van der Waals surface area (Å²) in [6.07, 6.45) is 1.63. The summed E-state index contributed by atoms with van der Waals surface area (Å²) in [4.78, 5) is 22.7. The Morgan fingerprint density at radius 2 is 1.93 bits per heavy atom. The van der Waals surface area contributed by atoms with Crippen molar-refractivity contribution in [3.63, 3.8) is 0 Å². The Labute approximate surface area is 176 Å². The van der Waals surface area contributed by atoms with Crippen molar-refractivity contribution in [2.75, 3.05) is 20.3 Å². The van der Waals surface area contributed by atoms with Gasteiger partial charge in [0.15, 0.2) is 18.1 Å². The minimum Gasteiger partial charge on any atom is -0.494 e. The Morgan fingerprint density at radius 3 is 2.55 bits per heavy atom. The molecule has 0 fully saturated rings. The van der Waals surface area contributed by atoms with Gasteiger partial charge in [-0.25, -0.2) is 10.2 Å². The SMILES string of the molecule is CCOc1ccc(CC(=O)N/N=C\c2cc(Br)c(OCC(=O)O)c(OC)c2)cc1. The van der Waals surface area contributed by atoms with Crippen molar-refractivity contribution in [2.45, 2.75) is 13.3 Å². The number of hydrazone groups is 1. The van der Waals surface area contributed by atoms with E-state index in [2.05, 4.69) is 26.5 Å². The van der Waals surface area contributed by atoms with E-state index in [0.717, 1.165) is 11.3 Å². The lowest BCUT2D eigenvalue weighted by molar-refractivity contribution is -0.139. The van der Waals surface area contributed by atoms with Crippen LogP contribution in [-0.4, -0.2) is 43.5 Å². The lowest BCUT2D eigenvalue weighted by Gasteiger charge is -2.12. The molecule has 154 valence electrons. The molecular formula is C20H21BrN2O6. The number of hydrogen-bond acceptors (Lipinski definition) is 6. The van der Waals surface area contributed by atoms with Crippen LogP contribution in [-0.2, 0) is 16.0 Å². The number of carbonyl (C=O) groups excluding carboxylic acids is 1. The molecule has 0 unspecified atom stereocenters. The number of nitrogens with one attached hydrogen (secondary N) is 1. The average molecular weight is 465 g/mol. The van der Waals surface area contributed by atoms with Crippen LogP contribution in [0.1, 0.15) is 18.1 Å². The molecule has 2 N–H and O–H groups in total. The first kappa shape index (κ1) is 22.2. The minimum absolute atomic E-state index is 0.179. The molecule has 0 aromatic heterocycles. The number of rotatable bonds is 10. The van der Waals surface area contributed by atoms with Crippen LogP contribution in [0.5, 0.6) is 17.2 Å². The van der Waals surface area contributed by atoms with Gasteiger partial charge in [-0.15, -0.1) is 0 Å². The number of ether oxygens (including phenoxy) is 3. The van der Waals surface area contributed by atoms with Crippen molar-refractivity contribution < 1.29 is 28.9 Å². The topological polar surface area (TPSA) is 106 Å². The van der Waals surface area contributed by atoms with Crippen molar-refractivity contribution in [3.05, 3.63) is 52.0 Å². The molecule has 0 aliphatic carbocycles. The zero-order chi connectivity index (χ0) is 21.2. The standard InChI is InChI=1S/C20H21BrN2O6/c1-3-28-15-6-4-13(5-7-15)10-18(24)23-22-11-14-8-16(21)20(17(9-14)27-2)29-12-19(25)26/h4-9,11H,3,10,12H2,1-2H3,(H,23,24)(H,25,26)/b22-11-. The third kappa shape index (κ3) is 7.11. The Bertz CT molecular complexity index is 883. The van der Waals surface area contributed by atoms with Gasteiger partial charge in [-0.3, -0.25) is 4.79 Å². The fraction of sp³-hybridized carbons (Fsp3) is 0.250. The van der Waals surface area contributed by atoms with Crippen LogP contribution in [0.15, 0.2) is 46.0 Å². The first-order chi connectivity index (χ1) is 13.9. The molecule has 1 amide bonds. The van der Waals surface area contributed by atoms with Crippen LogP contribution in [0.2, 0.25) is 0 Å². The van der Waals surface area contributed by atoms with Gasteiger partial charge in [-0.1, -0.05) is 12.1 Å². The Balaban J connectivity index is 1.97. The van der Waals surface area contributed by atoms with Gasteiger partial charge >= 0.3 is 5.97 Å². The summed E-state index contributed by atoms with van der Waals surface area (Å²) in [5, 5.41) is 12.7. The number of hydrogen-bond donors (Lipinski definition) is 2. The van der Waals surface area contributed by atoms with E-state index in [0.29, 0.717) is 22.4 Å². The number of halogens is 1. The van der Waals surface area contributed by atoms with Crippen LogP contribution in [0.4, 0.5) is 0 Å². The Hall–Kier alpha value is -3.07. The van der Waals surface area contributed by atoms with Crippen molar-refractivity contribution in [3.8, 4) is 17.2 Å². The maximum atomic E-state index is 12.0. The lowest BCUT2D eigenvalue weighted by atomic mass is 10.1. The number of carboxylic acid groups (broad SMARTS) is 1. The first-order valence-electron chi connectivity index (χ1n) is 8.68. The molecule has 0 heterocycles. The van der Waals surface area contributed by atoms with Crippen LogP contribution < -0.4 is 19.6 Å². The van der Waals surface area contributed by atoms with E-state index < -0.39 is 12.6 Å². The highest BCUT2D eigenvalue weighted by Gasteiger charge is 2.12. The third-order valence-electron chi connectivity index (χ3n) is 3.59. The molecule has 0 atom stereocenters. The first-order valence-corrected chi connectivity index (χ1v) is 9.48. The molecule has 29 heavy (non-hydrogen) atoms. The molecule has 2 aromatic carbocycles. The van der Waals surface area contributed by atoms with Crippen LogP contribution in [0, 0.1) is 0 Å². The molecule has 0 bridgehead atoms. The molecular weight excluding hydrogens is 444 g/mol. The number of benzene rings is 2. The second-order valence-corrected chi connectivity index (χ2v) is 6.62. The zero-order valence-corrected chi connectivity index (χ0v) is 17.6. The van der Waals surface area contributed by atoms with E-state index >= 15 is 0 Å². The largest absolute Gasteiger partial charge is 0.494 e. The van der Waals surface area contributed by atoms with E-state index in [1.54, 1.807) is 12.1 Å². The van der Waals surface area contributed by atoms with Crippen LogP contribution in [0.3, 0.4) is 0 Å². The van der Waals surface area contributed by atoms with E-state index in [9.17, 15) is 9.59 Å². The fourth-order valence-electron chi connectivity index (χ4n) is 2.36. The molecule has 0 saturated heterocycles. The number of nitrogens with zero attached hydrogens (tertiary/aromatic N) is 1. The predicted octanol–water partition coefficient (Wildman–Crippen LogP) is 3.01. The van der Waals surface area contributed by atoms with Crippen molar-refractivity contribution >= 4 is 34.0 Å². The lowest BCUT2D eigenvalue weighted by Crippen LogP contribution is -2.19. The van der Waals surface area contributed by atoms with Gasteiger partial charge < -0.3 is 19.3 Å². The summed E-state index contributed by atoms with van der Waals surface area (Å²) < 4.78 is 16.3. The highest BCUT2D eigenvalue weighted by Crippen LogP contribution is 2.36. The van der Waals surface area contributed by atoms with E-state index in [1.165, 1.54) is 13.3 Å². The number of methoxy groups -OCH3 is 1. The Morgan fingerprint density at radius 1 is 1.21 bits per heavy atom. The maximum Gasteiger partial charge on any atom is 0.341 e. The van der Waals surface area contributed by atoms with Crippen molar-refractivity contribution in [2.24, 2.45) is 5.10 Å². The highest BCUT2D eigenvalue weighted by atomic mass is 79.9. The average Bonchev–Trinajstić information content (AvgIpc) is 2.68. The number of carbonyl (C=O) groups is 2. The van der Waals surface area contributed by atoms with Gasteiger partial charge in [-0.2, -0.15) is 5.10 Å². The van der Waals surface area contributed by atoms with Gasteiger partial charge in [0, 0.05) is 0 Å². The molecule has 0 saturated carbocycles. The van der Waals surface area contributed by atoms with Gasteiger partial charge in [-0.05, 0) is 58.2 Å². The summed E-state index contributed by atoms with van der Waals surface area (Å²) in [7, 11) is 1.44. The molecule has 8 nitrogen and oxygen atoms in total. The van der Waals surface area contributed by atoms with E-state index in [1.807, 2.05) is 31.2 Å². The van der Waals surface area contributed by atoms with Gasteiger partial charge in [0.2, 0.25) is 5.91 Å². The second-order valence-electron chi connectivity index (χ2n) is 5.76. The van der Waals surface area contributed by atoms with Crippen LogP contribution in [0.25, 0.3) is 0 Å². The zero-order valence-electron chi connectivity index (χ0n) is 16.0. The molecule has 2 rings (SSSR count). The summed E-state index contributed by atoms with van der Waals surface area (Å²) >= 11 is 3.31. The summed E-state index contributed by atoms with van der Waals surface area (Å²) in [5.74, 6) is -0.00274. The summed E-state index contributed by atoms with van der Waals surface area (Å²) in [6.45, 7) is 2.00. The number of carboxylic acids is 1. The monoisotopic (exact) mass is 464 g/mol. The van der Waals surface area contributed by atoms with E-state index in [4.69, 9.17) is 19.3 Å². The molecule has 2 aromatic rings. The molecule has 0 radical (unpaired) electrons. The van der Waals surface area contributed by atoms with Gasteiger partial charge in [0.1, 0.15) is 5.75 Å². The Kier molecular flexibility index (Phi) is 8.47. The molecule has 0 aliphatic heterocycles. The smallest absolute Gasteiger partial charge is 0.341 e. The normalized spacial score (nSPS) is 10.6. The molecule has 9 heteroatoms. The quantitative estimate of drug-likeness (QED) is 0.413. The number of amides is 1. The minimum atomic E-state index is -1.10. The summed E-state index contributed by atoms with van der Waals surface area (Å²) in [6, 6.07) is 10.6. The van der Waals surface area contributed by atoms with Crippen LogP contribution >= 0.6 is 15.9 Å². The maximum absolute atomic E-state index is 12.0. The highest BCUT2D eigenvalue weighted by molar-refractivity contribution is 9.10.